The summed E-state index contributed by atoms with van der Waals surface area (Å²) in [7, 11) is 2.01. The molecule has 0 radical (unpaired) electrons. The zero-order chi connectivity index (χ0) is 15.0. The zero-order valence-corrected chi connectivity index (χ0v) is 11.8. The lowest BCUT2D eigenvalue weighted by Crippen LogP contribution is -2.48. The molecule has 1 aliphatic rings. The van der Waals surface area contributed by atoms with Gasteiger partial charge in [0.15, 0.2) is 0 Å². The Morgan fingerprint density at radius 2 is 2.00 bits per heavy atom. The smallest absolute Gasteiger partial charge is 0.326 e. The van der Waals surface area contributed by atoms with Crippen LogP contribution in [0.5, 0.6) is 0 Å². The van der Waals surface area contributed by atoms with Gasteiger partial charge in [-0.2, -0.15) is 0 Å². The molecule has 0 aliphatic carbocycles. The molecule has 1 amide bonds. The SMILES string of the molecule is CN1CCN(C(=O)Cn2c(=O)[nH]c3cc(F)ccc32)CC1. The Labute approximate surface area is 120 Å². The number of hydrogen-bond donors (Lipinski definition) is 1. The Hall–Kier alpha value is -2.15. The minimum atomic E-state index is -0.415. The monoisotopic (exact) mass is 292 g/mol. The number of piperazine rings is 1. The van der Waals surface area contributed by atoms with Gasteiger partial charge in [-0.3, -0.25) is 9.36 Å². The highest BCUT2D eigenvalue weighted by molar-refractivity contribution is 5.80. The molecule has 0 spiro atoms. The van der Waals surface area contributed by atoms with E-state index >= 15 is 0 Å². The average Bonchev–Trinajstić information content (AvgIpc) is 2.75. The van der Waals surface area contributed by atoms with Crippen molar-refractivity contribution in [3.8, 4) is 0 Å². The topological polar surface area (TPSA) is 61.3 Å². The van der Waals surface area contributed by atoms with Gasteiger partial charge in [0.05, 0.1) is 11.0 Å². The van der Waals surface area contributed by atoms with Crippen molar-refractivity contribution in [3.05, 3.63) is 34.5 Å². The summed E-state index contributed by atoms with van der Waals surface area (Å²) < 4.78 is 14.5. The van der Waals surface area contributed by atoms with Crippen LogP contribution in [-0.4, -0.2) is 58.5 Å². The quantitative estimate of drug-likeness (QED) is 0.862. The number of hydrogen-bond acceptors (Lipinski definition) is 3. The molecule has 6 nitrogen and oxygen atoms in total. The van der Waals surface area contributed by atoms with Gasteiger partial charge < -0.3 is 14.8 Å². The van der Waals surface area contributed by atoms with Crippen LogP contribution in [0.2, 0.25) is 0 Å². The third-order valence-electron chi connectivity index (χ3n) is 3.89. The first-order valence-corrected chi connectivity index (χ1v) is 6.89. The van der Waals surface area contributed by atoms with E-state index < -0.39 is 11.5 Å². The number of fused-ring (bicyclic) bond motifs is 1. The van der Waals surface area contributed by atoms with Gasteiger partial charge >= 0.3 is 5.69 Å². The lowest BCUT2D eigenvalue weighted by molar-refractivity contribution is -0.133. The first kappa shape index (κ1) is 13.8. The number of halogens is 1. The van der Waals surface area contributed by atoms with Crippen LogP contribution in [-0.2, 0) is 11.3 Å². The van der Waals surface area contributed by atoms with Crippen molar-refractivity contribution in [2.24, 2.45) is 0 Å². The Bertz CT molecular complexity index is 728. The van der Waals surface area contributed by atoms with Crippen molar-refractivity contribution in [2.45, 2.75) is 6.54 Å². The molecule has 1 aliphatic heterocycles. The molecule has 112 valence electrons. The van der Waals surface area contributed by atoms with Crippen molar-refractivity contribution < 1.29 is 9.18 Å². The normalized spacial score (nSPS) is 16.6. The second-order valence-electron chi connectivity index (χ2n) is 5.36. The summed E-state index contributed by atoms with van der Waals surface area (Å²) in [5.74, 6) is -0.503. The molecule has 1 aromatic heterocycles. The van der Waals surface area contributed by atoms with E-state index in [1.807, 2.05) is 7.05 Å². The van der Waals surface area contributed by atoms with Gasteiger partial charge in [0.2, 0.25) is 5.91 Å². The summed E-state index contributed by atoms with van der Waals surface area (Å²) in [6.07, 6.45) is 0. The van der Waals surface area contributed by atoms with Gasteiger partial charge in [-0.1, -0.05) is 0 Å². The molecular weight excluding hydrogens is 275 g/mol. The van der Waals surface area contributed by atoms with E-state index in [9.17, 15) is 14.0 Å². The van der Waals surface area contributed by atoms with E-state index in [1.54, 1.807) is 4.90 Å². The first-order chi connectivity index (χ1) is 10.0. The van der Waals surface area contributed by atoms with E-state index in [1.165, 1.54) is 22.8 Å². The zero-order valence-electron chi connectivity index (χ0n) is 11.8. The number of aromatic amines is 1. The van der Waals surface area contributed by atoms with Crippen molar-refractivity contribution in [2.75, 3.05) is 33.2 Å². The van der Waals surface area contributed by atoms with Gasteiger partial charge in [-0.25, -0.2) is 9.18 Å². The summed E-state index contributed by atoms with van der Waals surface area (Å²) in [6, 6.07) is 4.06. The third kappa shape index (κ3) is 2.69. The average molecular weight is 292 g/mol. The van der Waals surface area contributed by atoms with Crippen LogP contribution >= 0.6 is 0 Å². The summed E-state index contributed by atoms with van der Waals surface area (Å²) in [6.45, 7) is 2.98. The van der Waals surface area contributed by atoms with Crippen LogP contribution in [0.3, 0.4) is 0 Å². The molecular formula is C14H17FN4O2. The number of benzene rings is 1. The molecule has 2 aromatic rings. The van der Waals surface area contributed by atoms with E-state index in [2.05, 4.69) is 9.88 Å². The lowest BCUT2D eigenvalue weighted by atomic mass is 10.3. The number of aromatic nitrogens is 2. The van der Waals surface area contributed by atoms with Crippen molar-refractivity contribution in [1.82, 2.24) is 19.4 Å². The first-order valence-electron chi connectivity index (χ1n) is 6.89. The van der Waals surface area contributed by atoms with E-state index in [0.29, 0.717) is 24.1 Å². The number of carbonyl (C=O) groups excluding carboxylic acids is 1. The van der Waals surface area contributed by atoms with Gasteiger partial charge in [-0.05, 0) is 25.2 Å². The number of imidazole rings is 1. The summed E-state index contributed by atoms with van der Waals surface area (Å²) in [5, 5.41) is 0. The molecule has 3 rings (SSSR count). The van der Waals surface area contributed by atoms with Crippen LogP contribution in [0.1, 0.15) is 0 Å². The molecule has 21 heavy (non-hydrogen) atoms. The van der Waals surface area contributed by atoms with E-state index in [4.69, 9.17) is 0 Å². The highest BCUT2D eigenvalue weighted by atomic mass is 19.1. The highest BCUT2D eigenvalue weighted by Crippen LogP contribution is 2.12. The highest BCUT2D eigenvalue weighted by Gasteiger charge is 2.20. The van der Waals surface area contributed by atoms with Crippen molar-refractivity contribution in [1.29, 1.82) is 0 Å². The largest absolute Gasteiger partial charge is 0.339 e. The van der Waals surface area contributed by atoms with Crippen LogP contribution < -0.4 is 5.69 Å². The molecule has 0 saturated carbocycles. The van der Waals surface area contributed by atoms with Gasteiger partial charge in [0.1, 0.15) is 12.4 Å². The fourth-order valence-electron chi connectivity index (χ4n) is 2.58. The van der Waals surface area contributed by atoms with Crippen LogP contribution in [0.15, 0.2) is 23.0 Å². The number of amides is 1. The molecule has 0 bridgehead atoms. The summed E-state index contributed by atoms with van der Waals surface area (Å²) in [4.78, 5) is 30.7. The second kappa shape index (κ2) is 5.33. The molecule has 1 aromatic carbocycles. The Kier molecular flexibility index (Phi) is 3.50. The van der Waals surface area contributed by atoms with Crippen molar-refractivity contribution in [3.63, 3.8) is 0 Å². The maximum absolute atomic E-state index is 13.2. The molecule has 1 saturated heterocycles. The number of carbonyl (C=O) groups is 1. The third-order valence-corrected chi connectivity index (χ3v) is 3.89. The fraction of sp³-hybridized carbons (Fsp3) is 0.429. The predicted molar refractivity (Wildman–Crippen MR) is 76.6 cm³/mol. The Morgan fingerprint density at radius 1 is 1.29 bits per heavy atom. The second-order valence-corrected chi connectivity index (χ2v) is 5.36. The maximum atomic E-state index is 13.2. The molecule has 0 atom stereocenters. The van der Waals surface area contributed by atoms with E-state index in [-0.39, 0.29) is 12.5 Å². The van der Waals surface area contributed by atoms with Crippen LogP contribution in [0.25, 0.3) is 11.0 Å². The molecule has 0 unspecified atom stereocenters. The number of nitrogens with zero attached hydrogens (tertiary/aromatic N) is 3. The van der Waals surface area contributed by atoms with Gasteiger partial charge in [0.25, 0.3) is 0 Å². The summed E-state index contributed by atoms with van der Waals surface area (Å²) >= 11 is 0. The minimum Gasteiger partial charge on any atom is -0.339 e. The number of rotatable bonds is 2. The molecule has 7 heteroatoms. The fourth-order valence-corrected chi connectivity index (χ4v) is 2.58. The standard InChI is InChI=1S/C14H17FN4O2/c1-17-4-6-18(7-5-17)13(20)9-19-12-3-2-10(15)8-11(12)16-14(19)21/h2-3,8H,4-7,9H2,1H3,(H,16,21). The minimum absolute atomic E-state index is 0.0197. The Balaban J connectivity index is 1.83. The summed E-state index contributed by atoms with van der Waals surface area (Å²) in [5.41, 5.74) is 0.563. The molecule has 1 fully saturated rings. The number of H-pyrrole nitrogens is 1. The molecule has 2 heterocycles. The van der Waals surface area contributed by atoms with Gasteiger partial charge in [0, 0.05) is 26.2 Å². The van der Waals surface area contributed by atoms with Crippen LogP contribution in [0.4, 0.5) is 4.39 Å². The molecule has 1 N–H and O–H groups in total. The lowest BCUT2D eigenvalue weighted by Gasteiger charge is -2.32. The number of nitrogens with one attached hydrogen (secondary N) is 1. The van der Waals surface area contributed by atoms with Crippen molar-refractivity contribution >= 4 is 16.9 Å². The number of likely N-dealkylation sites (N-methyl/N-ethyl adjacent to an activating group) is 1. The van der Waals surface area contributed by atoms with E-state index in [0.717, 1.165) is 13.1 Å². The van der Waals surface area contributed by atoms with Crippen LogP contribution in [0, 0.1) is 5.82 Å². The predicted octanol–water partition coefficient (Wildman–Crippen LogP) is 0.243. The maximum Gasteiger partial charge on any atom is 0.326 e. The Morgan fingerprint density at radius 3 is 2.71 bits per heavy atom. The van der Waals surface area contributed by atoms with Gasteiger partial charge in [-0.15, -0.1) is 0 Å².